The quantitative estimate of drug-likeness (QED) is 0.266. The normalized spacial score (nSPS) is 18.5. The molecule has 1 aliphatic carbocycles. The van der Waals surface area contributed by atoms with Gasteiger partial charge in [-0.25, -0.2) is 0 Å². The van der Waals surface area contributed by atoms with Gasteiger partial charge in [0.25, 0.3) is 0 Å². The third-order valence-corrected chi connectivity index (χ3v) is 8.69. The van der Waals surface area contributed by atoms with Crippen molar-refractivity contribution in [2.24, 2.45) is 0 Å². The van der Waals surface area contributed by atoms with Gasteiger partial charge >= 0.3 is 0 Å². The van der Waals surface area contributed by atoms with Crippen molar-refractivity contribution in [2.45, 2.75) is 69.6 Å². The molecule has 8 nitrogen and oxygen atoms in total. The van der Waals surface area contributed by atoms with Gasteiger partial charge in [-0.05, 0) is 94.2 Å². The van der Waals surface area contributed by atoms with Crippen molar-refractivity contribution < 1.29 is 23.5 Å². The molecule has 42 heavy (non-hydrogen) atoms. The molecule has 4 rings (SSSR count). The van der Waals surface area contributed by atoms with Crippen LogP contribution >= 0.6 is 11.6 Å². The standard InChI is InChI=1S/C33H42ClN3O5/c1-36(2)33(21-24-7-5-8-26(34)19-24)16-14-27(15-17-33)37(23-29-9-6-18-42-29)32(39)13-12-31(38)35-22-25-20-28(40-3)10-11-30(25)41-4/h5-11,18-20,27H,12-17,21-23H2,1-4H3,(H,35,38). The van der Waals surface area contributed by atoms with E-state index in [0.717, 1.165) is 48.5 Å². The first-order valence-corrected chi connectivity index (χ1v) is 14.8. The van der Waals surface area contributed by atoms with Crippen molar-refractivity contribution in [1.29, 1.82) is 0 Å². The van der Waals surface area contributed by atoms with Gasteiger partial charge in [0.1, 0.15) is 17.3 Å². The highest BCUT2D eigenvalue weighted by Crippen LogP contribution is 2.38. The number of likely N-dealkylation sites (N-methyl/N-ethyl adjacent to an activating group) is 1. The van der Waals surface area contributed by atoms with Crippen LogP contribution in [0.1, 0.15) is 55.4 Å². The lowest BCUT2D eigenvalue weighted by molar-refractivity contribution is -0.137. The average Bonchev–Trinajstić information content (AvgIpc) is 3.51. The van der Waals surface area contributed by atoms with Crippen molar-refractivity contribution in [3.63, 3.8) is 0 Å². The Balaban J connectivity index is 1.38. The predicted molar refractivity (Wildman–Crippen MR) is 164 cm³/mol. The van der Waals surface area contributed by atoms with E-state index in [2.05, 4.69) is 30.4 Å². The Kier molecular flexibility index (Phi) is 10.9. The molecule has 0 bridgehead atoms. The second-order valence-electron chi connectivity index (χ2n) is 11.2. The third-order valence-electron chi connectivity index (χ3n) is 8.45. The highest BCUT2D eigenvalue weighted by atomic mass is 35.5. The molecule has 0 atom stereocenters. The van der Waals surface area contributed by atoms with Gasteiger partial charge in [0.15, 0.2) is 0 Å². The largest absolute Gasteiger partial charge is 0.497 e. The average molecular weight is 596 g/mol. The lowest BCUT2D eigenvalue weighted by Crippen LogP contribution is -2.52. The summed E-state index contributed by atoms with van der Waals surface area (Å²) >= 11 is 6.28. The Labute approximate surface area is 253 Å². The summed E-state index contributed by atoms with van der Waals surface area (Å²) < 4.78 is 16.3. The van der Waals surface area contributed by atoms with Gasteiger partial charge in [-0.2, -0.15) is 0 Å². The van der Waals surface area contributed by atoms with E-state index in [-0.39, 0.29) is 42.8 Å². The van der Waals surface area contributed by atoms with Gasteiger partial charge in [0.2, 0.25) is 11.8 Å². The lowest BCUT2D eigenvalue weighted by Gasteiger charge is -2.47. The molecule has 1 heterocycles. The molecular weight excluding hydrogens is 554 g/mol. The van der Waals surface area contributed by atoms with E-state index >= 15 is 0 Å². The zero-order chi connectivity index (χ0) is 30.1. The van der Waals surface area contributed by atoms with E-state index in [1.807, 2.05) is 47.4 Å². The van der Waals surface area contributed by atoms with Crippen LogP contribution in [0, 0.1) is 0 Å². The minimum atomic E-state index is -0.192. The molecule has 2 aromatic carbocycles. The zero-order valence-corrected chi connectivity index (χ0v) is 25.8. The van der Waals surface area contributed by atoms with E-state index in [4.69, 9.17) is 25.5 Å². The van der Waals surface area contributed by atoms with Crippen LogP contribution < -0.4 is 14.8 Å². The summed E-state index contributed by atoms with van der Waals surface area (Å²) in [6, 6.07) is 17.3. The van der Waals surface area contributed by atoms with Gasteiger partial charge in [0.05, 0.1) is 27.0 Å². The van der Waals surface area contributed by atoms with Crippen molar-refractivity contribution in [3.8, 4) is 11.5 Å². The number of carbonyl (C=O) groups is 2. The molecule has 1 fully saturated rings. The second kappa shape index (κ2) is 14.6. The minimum absolute atomic E-state index is 0.0123. The number of benzene rings is 2. The number of hydrogen-bond acceptors (Lipinski definition) is 6. The Bertz CT molecular complexity index is 1320. The number of halogens is 1. The Morgan fingerprint density at radius 1 is 1.02 bits per heavy atom. The Hall–Kier alpha value is -3.49. The third kappa shape index (κ3) is 8.07. The molecule has 9 heteroatoms. The number of methoxy groups -OCH3 is 2. The monoisotopic (exact) mass is 595 g/mol. The molecule has 1 aromatic heterocycles. The first kappa shape index (κ1) is 31.4. The number of nitrogens with zero attached hydrogens (tertiary/aromatic N) is 2. The number of carbonyl (C=O) groups excluding carboxylic acids is 2. The van der Waals surface area contributed by atoms with E-state index in [1.165, 1.54) is 5.56 Å². The van der Waals surface area contributed by atoms with Crippen LogP contribution in [0.4, 0.5) is 0 Å². The smallest absolute Gasteiger partial charge is 0.223 e. The molecule has 1 aliphatic rings. The maximum atomic E-state index is 13.6. The number of amides is 2. The number of furan rings is 1. The molecule has 226 valence electrons. The molecule has 1 N–H and O–H groups in total. The SMILES string of the molecule is COc1ccc(OC)c(CNC(=O)CCC(=O)N(Cc2ccco2)C2CCC(Cc3cccc(Cl)c3)(N(C)C)CC2)c1. The van der Waals surface area contributed by atoms with Crippen LogP contribution in [0.5, 0.6) is 11.5 Å². The lowest BCUT2D eigenvalue weighted by atomic mass is 9.74. The number of hydrogen-bond donors (Lipinski definition) is 1. The van der Waals surface area contributed by atoms with Crippen molar-refractivity contribution in [3.05, 3.63) is 82.8 Å². The molecular formula is C33H42ClN3O5. The van der Waals surface area contributed by atoms with Crippen LogP contribution in [0.2, 0.25) is 5.02 Å². The molecule has 2 amide bonds. The summed E-state index contributed by atoms with van der Waals surface area (Å²) in [5.74, 6) is 1.85. The first-order valence-electron chi connectivity index (χ1n) is 14.4. The van der Waals surface area contributed by atoms with Crippen LogP contribution in [-0.4, -0.2) is 61.5 Å². The van der Waals surface area contributed by atoms with E-state index < -0.39 is 0 Å². The van der Waals surface area contributed by atoms with Gasteiger partial charge < -0.3 is 29.0 Å². The summed E-state index contributed by atoms with van der Waals surface area (Å²) in [5, 5.41) is 3.66. The number of ether oxygens (including phenoxy) is 2. The summed E-state index contributed by atoms with van der Waals surface area (Å²) in [4.78, 5) is 30.6. The van der Waals surface area contributed by atoms with E-state index in [0.29, 0.717) is 18.0 Å². The van der Waals surface area contributed by atoms with E-state index in [1.54, 1.807) is 26.5 Å². The fraction of sp³-hybridized carbons (Fsp3) is 0.455. The molecule has 1 saturated carbocycles. The van der Waals surface area contributed by atoms with Gasteiger partial charge in [-0.15, -0.1) is 0 Å². The molecule has 0 radical (unpaired) electrons. The van der Waals surface area contributed by atoms with Gasteiger partial charge in [0, 0.05) is 41.6 Å². The summed E-state index contributed by atoms with van der Waals surface area (Å²) in [5.41, 5.74) is 2.01. The number of rotatable bonds is 13. The van der Waals surface area contributed by atoms with Crippen molar-refractivity contribution in [2.75, 3.05) is 28.3 Å². The zero-order valence-electron chi connectivity index (χ0n) is 25.0. The second-order valence-corrected chi connectivity index (χ2v) is 11.6. The van der Waals surface area contributed by atoms with Crippen molar-refractivity contribution >= 4 is 23.4 Å². The molecule has 0 unspecified atom stereocenters. The summed E-state index contributed by atoms with van der Waals surface area (Å²) in [6.07, 6.45) is 6.38. The summed E-state index contributed by atoms with van der Waals surface area (Å²) in [6.45, 7) is 0.674. The number of nitrogens with one attached hydrogen (secondary N) is 1. The van der Waals surface area contributed by atoms with Crippen LogP contribution in [0.25, 0.3) is 0 Å². The van der Waals surface area contributed by atoms with Crippen molar-refractivity contribution in [1.82, 2.24) is 15.1 Å². The fourth-order valence-electron chi connectivity index (χ4n) is 5.92. The minimum Gasteiger partial charge on any atom is -0.497 e. The first-order chi connectivity index (χ1) is 20.2. The predicted octanol–water partition coefficient (Wildman–Crippen LogP) is 5.86. The molecule has 0 aliphatic heterocycles. The van der Waals surface area contributed by atoms with E-state index in [9.17, 15) is 9.59 Å². The van der Waals surface area contributed by atoms with Crippen LogP contribution in [0.3, 0.4) is 0 Å². The van der Waals surface area contributed by atoms with Gasteiger partial charge in [-0.1, -0.05) is 23.7 Å². The molecule has 3 aromatic rings. The van der Waals surface area contributed by atoms with Gasteiger partial charge in [-0.3, -0.25) is 9.59 Å². The van der Waals surface area contributed by atoms with Crippen LogP contribution in [-0.2, 0) is 29.1 Å². The fourth-order valence-corrected chi connectivity index (χ4v) is 6.13. The highest BCUT2D eigenvalue weighted by molar-refractivity contribution is 6.30. The highest BCUT2D eigenvalue weighted by Gasteiger charge is 2.40. The summed E-state index contributed by atoms with van der Waals surface area (Å²) in [7, 11) is 7.45. The molecule has 0 spiro atoms. The topological polar surface area (TPSA) is 84.2 Å². The van der Waals surface area contributed by atoms with Crippen LogP contribution in [0.15, 0.2) is 65.3 Å². The maximum Gasteiger partial charge on any atom is 0.223 e. The Morgan fingerprint density at radius 2 is 1.81 bits per heavy atom. The Morgan fingerprint density at radius 3 is 2.45 bits per heavy atom. The molecule has 0 saturated heterocycles. The maximum absolute atomic E-state index is 13.6.